The van der Waals surface area contributed by atoms with Crippen molar-refractivity contribution in [2.45, 2.75) is 64.3 Å². The number of aliphatic hydroxyl groups excluding tert-OH is 1. The van der Waals surface area contributed by atoms with E-state index in [2.05, 4.69) is 20.8 Å². The van der Waals surface area contributed by atoms with Gasteiger partial charge in [-0.15, -0.1) is 0 Å². The fourth-order valence-corrected chi connectivity index (χ4v) is 3.53. The smallest absolute Gasteiger partial charge is 0.197 e. The third-order valence-electron chi connectivity index (χ3n) is 4.84. The van der Waals surface area contributed by atoms with Crippen molar-refractivity contribution in [1.29, 1.82) is 0 Å². The number of aliphatic hydroxyl groups is 2. The van der Waals surface area contributed by atoms with Gasteiger partial charge in [0.25, 0.3) is 0 Å². The van der Waals surface area contributed by atoms with Crippen LogP contribution in [-0.4, -0.2) is 41.4 Å². The minimum absolute atomic E-state index is 0.0958. The molecule has 4 nitrogen and oxygen atoms in total. The number of hydrogen-bond donors (Lipinski definition) is 2. The zero-order chi connectivity index (χ0) is 14.1. The van der Waals surface area contributed by atoms with E-state index >= 15 is 0 Å². The Labute approximate surface area is 116 Å². The second kappa shape index (κ2) is 5.32. The third-order valence-corrected chi connectivity index (χ3v) is 4.84. The van der Waals surface area contributed by atoms with Crippen molar-refractivity contribution in [3.63, 3.8) is 0 Å². The predicted octanol–water partition coefficient (Wildman–Crippen LogP) is 2.08. The van der Waals surface area contributed by atoms with Gasteiger partial charge in [0, 0.05) is 13.0 Å². The van der Waals surface area contributed by atoms with Crippen LogP contribution in [0.25, 0.3) is 0 Å². The van der Waals surface area contributed by atoms with E-state index in [1.165, 1.54) is 0 Å². The molecule has 0 aromatic heterocycles. The van der Waals surface area contributed by atoms with Crippen LogP contribution in [-0.2, 0) is 9.47 Å². The zero-order valence-corrected chi connectivity index (χ0v) is 12.4. The van der Waals surface area contributed by atoms with Crippen LogP contribution in [0.3, 0.4) is 0 Å². The summed E-state index contributed by atoms with van der Waals surface area (Å²) in [6.07, 6.45) is 3.58. The molecule has 2 fully saturated rings. The van der Waals surface area contributed by atoms with Gasteiger partial charge in [-0.05, 0) is 37.0 Å². The molecule has 19 heavy (non-hydrogen) atoms. The highest BCUT2D eigenvalue weighted by molar-refractivity contribution is 5.03. The van der Waals surface area contributed by atoms with Crippen molar-refractivity contribution in [2.24, 2.45) is 11.3 Å². The van der Waals surface area contributed by atoms with Crippen LogP contribution in [0.2, 0.25) is 0 Å². The Balaban J connectivity index is 2.18. The quantitative estimate of drug-likeness (QED) is 0.826. The summed E-state index contributed by atoms with van der Waals surface area (Å²) in [5.41, 5.74) is -0.796. The first-order chi connectivity index (χ1) is 8.83. The Bertz CT molecular complexity index is 304. The van der Waals surface area contributed by atoms with Crippen molar-refractivity contribution in [3.8, 4) is 0 Å². The summed E-state index contributed by atoms with van der Waals surface area (Å²) >= 11 is 0. The lowest BCUT2D eigenvalue weighted by Gasteiger charge is -2.51. The summed E-state index contributed by atoms with van der Waals surface area (Å²) < 4.78 is 11.6. The maximum atomic E-state index is 11.1. The molecule has 1 aliphatic carbocycles. The summed E-state index contributed by atoms with van der Waals surface area (Å²) in [5, 5.41) is 20.2. The van der Waals surface area contributed by atoms with Gasteiger partial charge in [-0.3, -0.25) is 0 Å². The molecule has 0 radical (unpaired) electrons. The Kier molecular flexibility index (Phi) is 4.26. The van der Waals surface area contributed by atoms with Gasteiger partial charge in [0.05, 0.1) is 13.2 Å². The SMILES string of the molecule is CC(C)(C)[C@H]1CCC2(OCCO2)[C@](O)(CCCO)C1. The Morgan fingerprint density at radius 2 is 1.84 bits per heavy atom. The molecule has 1 saturated heterocycles. The van der Waals surface area contributed by atoms with E-state index in [-0.39, 0.29) is 12.0 Å². The lowest BCUT2D eigenvalue weighted by atomic mass is 9.64. The van der Waals surface area contributed by atoms with Crippen molar-refractivity contribution in [1.82, 2.24) is 0 Å². The first-order valence-corrected chi connectivity index (χ1v) is 7.44. The molecular weight excluding hydrogens is 244 g/mol. The van der Waals surface area contributed by atoms with Crippen LogP contribution >= 0.6 is 0 Å². The standard InChI is InChI=1S/C15H28O4/c1-13(2,3)12-5-7-15(18-9-10-19-15)14(17,11-12)6-4-8-16/h12,16-17H,4-11H2,1-3H3/t12-,14-/m0/s1. The van der Waals surface area contributed by atoms with Crippen molar-refractivity contribution in [2.75, 3.05) is 19.8 Å². The average molecular weight is 272 g/mol. The van der Waals surface area contributed by atoms with E-state index in [4.69, 9.17) is 14.6 Å². The van der Waals surface area contributed by atoms with E-state index in [1.807, 2.05) is 0 Å². The summed E-state index contributed by atoms with van der Waals surface area (Å²) in [4.78, 5) is 0. The maximum absolute atomic E-state index is 11.1. The third kappa shape index (κ3) is 2.82. The molecule has 0 aromatic carbocycles. The topological polar surface area (TPSA) is 58.9 Å². The summed E-state index contributed by atoms with van der Waals surface area (Å²) in [6.45, 7) is 7.87. The zero-order valence-electron chi connectivity index (χ0n) is 12.4. The van der Waals surface area contributed by atoms with Crippen LogP contribution in [0.15, 0.2) is 0 Å². The number of rotatable bonds is 3. The number of ether oxygens (including phenoxy) is 2. The normalized spacial score (nSPS) is 34.9. The van der Waals surface area contributed by atoms with E-state index in [1.54, 1.807) is 0 Å². The Hall–Kier alpha value is -0.160. The van der Waals surface area contributed by atoms with Gasteiger partial charge in [-0.2, -0.15) is 0 Å². The molecule has 0 amide bonds. The maximum Gasteiger partial charge on any atom is 0.197 e. The molecule has 2 atom stereocenters. The molecule has 1 spiro atoms. The Morgan fingerprint density at radius 3 is 2.37 bits per heavy atom. The van der Waals surface area contributed by atoms with E-state index in [9.17, 15) is 5.11 Å². The predicted molar refractivity (Wildman–Crippen MR) is 72.7 cm³/mol. The molecule has 1 saturated carbocycles. The lowest BCUT2D eigenvalue weighted by molar-refractivity contribution is -0.298. The molecule has 0 bridgehead atoms. The first-order valence-electron chi connectivity index (χ1n) is 7.44. The molecule has 0 aromatic rings. The minimum atomic E-state index is -0.970. The highest BCUT2D eigenvalue weighted by Gasteiger charge is 2.58. The van der Waals surface area contributed by atoms with Crippen LogP contribution in [0, 0.1) is 11.3 Å². The number of hydrogen-bond acceptors (Lipinski definition) is 4. The monoisotopic (exact) mass is 272 g/mol. The molecule has 2 aliphatic rings. The van der Waals surface area contributed by atoms with Crippen molar-refractivity contribution >= 4 is 0 Å². The average Bonchev–Trinajstić information content (AvgIpc) is 2.79. The van der Waals surface area contributed by atoms with Gasteiger partial charge >= 0.3 is 0 Å². The van der Waals surface area contributed by atoms with Crippen LogP contribution < -0.4 is 0 Å². The second-order valence-corrected chi connectivity index (χ2v) is 7.11. The van der Waals surface area contributed by atoms with Gasteiger partial charge < -0.3 is 19.7 Å². The van der Waals surface area contributed by atoms with Gasteiger partial charge in [-0.25, -0.2) is 0 Å². The van der Waals surface area contributed by atoms with Crippen LogP contribution in [0.5, 0.6) is 0 Å². The molecule has 1 heterocycles. The van der Waals surface area contributed by atoms with Crippen LogP contribution in [0.4, 0.5) is 0 Å². The van der Waals surface area contributed by atoms with E-state index < -0.39 is 11.4 Å². The minimum Gasteiger partial charge on any atom is -0.396 e. The lowest BCUT2D eigenvalue weighted by Crippen LogP contribution is -2.60. The fraction of sp³-hybridized carbons (Fsp3) is 1.00. The molecule has 1 aliphatic heterocycles. The molecule has 2 rings (SSSR count). The fourth-order valence-electron chi connectivity index (χ4n) is 3.53. The molecular formula is C15H28O4. The highest BCUT2D eigenvalue weighted by atomic mass is 16.7. The van der Waals surface area contributed by atoms with E-state index in [0.29, 0.717) is 38.4 Å². The summed E-state index contributed by atoms with van der Waals surface area (Å²) in [7, 11) is 0. The van der Waals surface area contributed by atoms with Crippen molar-refractivity contribution in [3.05, 3.63) is 0 Å². The van der Waals surface area contributed by atoms with E-state index in [0.717, 1.165) is 12.8 Å². The molecule has 4 heteroatoms. The van der Waals surface area contributed by atoms with Gasteiger partial charge in [0.15, 0.2) is 5.79 Å². The van der Waals surface area contributed by atoms with Gasteiger partial charge in [0.2, 0.25) is 0 Å². The molecule has 2 N–H and O–H groups in total. The van der Waals surface area contributed by atoms with Gasteiger partial charge in [0.1, 0.15) is 5.60 Å². The Morgan fingerprint density at radius 1 is 1.21 bits per heavy atom. The highest BCUT2D eigenvalue weighted by Crippen LogP contribution is 2.51. The van der Waals surface area contributed by atoms with Gasteiger partial charge in [-0.1, -0.05) is 20.8 Å². The molecule has 0 unspecified atom stereocenters. The first kappa shape index (κ1) is 15.2. The summed E-state index contributed by atoms with van der Waals surface area (Å²) in [5.74, 6) is -0.376. The second-order valence-electron chi connectivity index (χ2n) is 7.11. The molecule has 112 valence electrons. The largest absolute Gasteiger partial charge is 0.396 e. The summed E-state index contributed by atoms with van der Waals surface area (Å²) in [6, 6.07) is 0. The van der Waals surface area contributed by atoms with Crippen LogP contribution in [0.1, 0.15) is 52.9 Å². The van der Waals surface area contributed by atoms with Crippen molar-refractivity contribution < 1.29 is 19.7 Å².